The normalized spacial score (nSPS) is 9.70. The predicted octanol–water partition coefficient (Wildman–Crippen LogP) is 3.62. The molecule has 0 aliphatic heterocycles. The number of halogens is 2. The molecular weight excluding hydrogens is 299 g/mol. The van der Waals surface area contributed by atoms with Gasteiger partial charge >= 0.3 is 11.7 Å². The standard InChI is InChI=1S/C14H8Cl2N2O2/c15-10-7-4-8-11(16)13(10)20-14(19)12(18-17)9-5-2-1-3-6-9/h1-8H. The van der Waals surface area contributed by atoms with Gasteiger partial charge in [-0.05, 0) is 24.3 Å². The molecule has 2 rings (SSSR count). The minimum absolute atomic E-state index is 0.0258. The third kappa shape index (κ3) is 3.06. The predicted molar refractivity (Wildman–Crippen MR) is 76.3 cm³/mol. The van der Waals surface area contributed by atoms with Gasteiger partial charge in [-0.15, -0.1) is 0 Å². The van der Waals surface area contributed by atoms with Gasteiger partial charge in [-0.3, -0.25) is 0 Å². The van der Waals surface area contributed by atoms with E-state index in [9.17, 15) is 4.79 Å². The average Bonchev–Trinajstić information content (AvgIpc) is 2.45. The summed E-state index contributed by atoms with van der Waals surface area (Å²) < 4.78 is 5.09. The number of rotatable bonds is 3. The highest BCUT2D eigenvalue weighted by Gasteiger charge is 2.26. The van der Waals surface area contributed by atoms with Crippen LogP contribution in [0.2, 0.25) is 10.0 Å². The van der Waals surface area contributed by atoms with E-state index in [0.29, 0.717) is 5.56 Å². The van der Waals surface area contributed by atoms with Gasteiger partial charge in [0.2, 0.25) is 0 Å². The van der Waals surface area contributed by atoms with Crippen LogP contribution in [0.3, 0.4) is 0 Å². The Morgan fingerprint density at radius 3 is 2.15 bits per heavy atom. The van der Waals surface area contributed by atoms with Crippen LogP contribution in [-0.2, 0) is 4.79 Å². The molecule has 0 unspecified atom stereocenters. The lowest BCUT2D eigenvalue weighted by Crippen LogP contribution is -2.22. The Morgan fingerprint density at radius 2 is 1.60 bits per heavy atom. The minimum atomic E-state index is -0.853. The number of carbonyl (C=O) groups is 1. The topological polar surface area (TPSA) is 62.7 Å². The zero-order chi connectivity index (χ0) is 14.5. The van der Waals surface area contributed by atoms with Gasteiger partial charge < -0.3 is 10.3 Å². The Bertz CT molecular complexity index is 675. The van der Waals surface area contributed by atoms with E-state index in [1.54, 1.807) is 36.4 Å². The van der Waals surface area contributed by atoms with Crippen LogP contribution >= 0.6 is 23.2 Å². The van der Waals surface area contributed by atoms with Gasteiger partial charge in [0, 0.05) is 0 Å². The molecule has 0 N–H and O–H groups in total. The zero-order valence-electron chi connectivity index (χ0n) is 10.1. The van der Waals surface area contributed by atoms with Crippen LogP contribution in [0.1, 0.15) is 5.56 Å². The smallest absolute Gasteiger partial charge is 0.414 e. The Kier molecular flexibility index (Phi) is 4.53. The minimum Gasteiger partial charge on any atom is -0.414 e. The van der Waals surface area contributed by atoms with E-state index in [1.807, 2.05) is 0 Å². The highest BCUT2D eigenvalue weighted by atomic mass is 35.5. The Morgan fingerprint density at radius 1 is 1.00 bits per heavy atom. The molecule has 2 aromatic rings. The number of esters is 1. The number of benzene rings is 2. The summed E-state index contributed by atoms with van der Waals surface area (Å²) in [7, 11) is 0. The molecule has 0 spiro atoms. The van der Waals surface area contributed by atoms with Crippen molar-refractivity contribution in [1.29, 1.82) is 0 Å². The van der Waals surface area contributed by atoms with E-state index >= 15 is 0 Å². The maximum Gasteiger partial charge on any atom is 0.427 e. The zero-order valence-corrected chi connectivity index (χ0v) is 11.6. The van der Waals surface area contributed by atoms with Crippen molar-refractivity contribution in [2.75, 3.05) is 0 Å². The van der Waals surface area contributed by atoms with Crippen LogP contribution in [0.4, 0.5) is 0 Å². The molecule has 0 radical (unpaired) electrons. The summed E-state index contributed by atoms with van der Waals surface area (Å²) in [6.07, 6.45) is 0. The maximum atomic E-state index is 12.0. The molecule has 4 nitrogen and oxygen atoms in total. The first-order valence-electron chi connectivity index (χ1n) is 5.57. The molecule has 0 amide bonds. The molecule has 0 aliphatic rings. The summed E-state index contributed by atoms with van der Waals surface area (Å²) in [5, 5.41) is 0.382. The monoisotopic (exact) mass is 306 g/mol. The van der Waals surface area contributed by atoms with Gasteiger partial charge in [-0.1, -0.05) is 47.5 Å². The van der Waals surface area contributed by atoms with Gasteiger partial charge in [0.1, 0.15) is 0 Å². The van der Waals surface area contributed by atoms with Gasteiger partial charge in [0.15, 0.2) is 5.75 Å². The fraction of sp³-hybridized carbons (Fsp3) is 0. The molecule has 0 fully saturated rings. The molecule has 20 heavy (non-hydrogen) atoms. The quantitative estimate of drug-likeness (QED) is 0.286. The van der Waals surface area contributed by atoms with E-state index in [0.717, 1.165) is 0 Å². The SMILES string of the molecule is [N-]=[N+]=C(C(=O)Oc1c(Cl)cccc1Cl)c1ccccc1. The first-order chi connectivity index (χ1) is 9.63. The van der Waals surface area contributed by atoms with Crippen molar-refractivity contribution in [2.24, 2.45) is 0 Å². The first kappa shape index (κ1) is 14.3. The Labute approximate surface area is 125 Å². The number of ether oxygens (including phenoxy) is 1. The third-order valence-corrected chi connectivity index (χ3v) is 3.05. The van der Waals surface area contributed by atoms with Gasteiger partial charge in [-0.25, -0.2) is 4.79 Å². The van der Waals surface area contributed by atoms with Crippen molar-refractivity contribution in [1.82, 2.24) is 0 Å². The van der Waals surface area contributed by atoms with E-state index in [-0.39, 0.29) is 21.5 Å². The van der Waals surface area contributed by atoms with Gasteiger partial charge in [0.25, 0.3) is 0 Å². The fourth-order valence-electron chi connectivity index (χ4n) is 1.53. The largest absolute Gasteiger partial charge is 0.427 e. The average molecular weight is 307 g/mol. The second kappa shape index (κ2) is 6.35. The third-order valence-electron chi connectivity index (χ3n) is 2.45. The van der Waals surface area contributed by atoms with Gasteiger partial charge in [-0.2, -0.15) is 4.79 Å². The molecule has 0 atom stereocenters. The number of nitrogens with zero attached hydrogens (tertiary/aromatic N) is 2. The molecule has 0 aliphatic carbocycles. The first-order valence-corrected chi connectivity index (χ1v) is 6.32. The van der Waals surface area contributed by atoms with Crippen LogP contribution in [0.5, 0.6) is 5.75 Å². The summed E-state index contributed by atoms with van der Waals surface area (Å²) >= 11 is 11.8. The summed E-state index contributed by atoms with van der Waals surface area (Å²) in [4.78, 5) is 15.0. The van der Waals surface area contributed by atoms with E-state index in [4.69, 9.17) is 33.5 Å². The second-order valence-corrected chi connectivity index (χ2v) is 4.57. The van der Waals surface area contributed by atoms with Crippen LogP contribution in [0, 0.1) is 0 Å². The number of carbonyl (C=O) groups excluding carboxylic acids is 1. The van der Waals surface area contributed by atoms with Crippen molar-refractivity contribution < 1.29 is 14.3 Å². The lowest BCUT2D eigenvalue weighted by Gasteiger charge is -2.05. The lowest BCUT2D eigenvalue weighted by molar-refractivity contribution is -0.131. The molecule has 0 saturated carbocycles. The van der Waals surface area contributed by atoms with Gasteiger partial charge in [0.05, 0.1) is 15.6 Å². The summed E-state index contributed by atoms with van der Waals surface area (Å²) in [6.45, 7) is 0. The van der Waals surface area contributed by atoms with Crippen molar-refractivity contribution in [3.63, 3.8) is 0 Å². The molecular formula is C14H8Cl2N2O2. The Balaban J connectivity index is 2.30. The highest BCUT2D eigenvalue weighted by molar-refractivity contribution is 6.42. The number of hydrogen-bond acceptors (Lipinski definition) is 2. The number of hydrogen-bond donors (Lipinski definition) is 0. The van der Waals surface area contributed by atoms with Crippen molar-refractivity contribution >= 4 is 34.9 Å². The summed E-state index contributed by atoms with van der Waals surface area (Å²) in [5.41, 5.74) is 9.17. The molecule has 0 saturated heterocycles. The lowest BCUT2D eigenvalue weighted by atomic mass is 10.1. The summed E-state index contributed by atoms with van der Waals surface area (Å²) in [6, 6.07) is 13.1. The van der Waals surface area contributed by atoms with Crippen molar-refractivity contribution in [3.8, 4) is 5.75 Å². The van der Waals surface area contributed by atoms with Crippen LogP contribution < -0.4 is 4.74 Å². The van der Waals surface area contributed by atoms with E-state index in [2.05, 4.69) is 4.79 Å². The molecule has 0 bridgehead atoms. The molecule has 2 aromatic carbocycles. The Hall–Kier alpha value is -2.13. The molecule has 100 valence electrons. The van der Waals surface area contributed by atoms with E-state index < -0.39 is 5.97 Å². The van der Waals surface area contributed by atoms with Crippen LogP contribution in [-0.4, -0.2) is 16.5 Å². The van der Waals surface area contributed by atoms with Crippen molar-refractivity contribution in [2.45, 2.75) is 0 Å². The maximum absolute atomic E-state index is 12.0. The fourth-order valence-corrected chi connectivity index (χ4v) is 2.01. The van der Waals surface area contributed by atoms with Crippen LogP contribution in [0.25, 0.3) is 5.53 Å². The highest BCUT2D eigenvalue weighted by Crippen LogP contribution is 2.32. The number of para-hydroxylation sites is 1. The van der Waals surface area contributed by atoms with Crippen LogP contribution in [0.15, 0.2) is 48.5 Å². The second-order valence-electron chi connectivity index (χ2n) is 3.75. The van der Waals surface area contributed by atoms with E-state index in [1.165, 1.54) is 12.1 Å². The molecule has 0 aromatic heterocycles. The molecule has 6 heteroatoms. The van der Waals surface area contributed by atoms with Crippen molar-refractivity contribution in [3.05, 3.63) is 69.7 Å². The molecule has 0 heterocycles. The summed E-state index contributed by atoms with van der Waals surface area (Å²) in [5.74, 6) is -0.827.